The zero-order chi connectivity index (χ0) is 13.7. The molecule has 1 aliphatic carbocycles. The van der Waals surface area contributed by atoms with E-state index in [1.54, 1.807) is 0 Å². The van der Waals surface area contributed by atoms with Gasteiger partial charge in [-0.1, -0.05) is 26.7 Å². The Morgan fingerprint density at radius 2 is 2.00 bits per heavy atom. The average Bonchev–Trinajstić information content (AvgIpc) is 2.28. The molecule has 0 saturated heterocycles. The Morgan fingerprint density at radius 3 is 2.56 bits per heavy atom. The van der Waals surface area contributed by atoms with Crippen LogP contribution in [-0.2, 0) is 9.59 Å². The topological polar surface area (TPSA) is 78.4 Å². The van der Waals surface area contributed by atoms with Gasteiger partial charge in [-0.3, -0.25) is 4.79 Å². The van der Waals surface area contributed by atoms with Gasteiger partial charge >= 0.3 is 5.97 Å². The number of hydrogen-bond donors (Lipinski definition) is 3. The second-order valence-corrected chi connectivity index (χ2v) is 5.37. The Bertz CT molecular complexity index is 307. The smallest absolute Gasteiger partial charge is 0.327 e. The van der Waals surface area contributed by atoms with Gasteiger partial charge < -0.3 is 15.7 Å². The van der Waals surface area contributed by atoms with Gasteiger partial charge in [-0.25, -0.2) is 4.79 Å². The molecule has 0 aromatic heterocycles. The monoisotopic (exact) mass is 256 g/mol. The summed E-state index contributed by atoms with van der Waals surface area (Å²) < 4.78 is 0. The minimum atomic E-state index is -0.991. The van der Waals surface area contributed by atoms with Gasteiger partial charge in [-0.05, 0) is 18.3 Å². The molecule has 5 heteroatoms. The van der Waals surface area contributed by atoms with E-state index in [0.717, 1.165) is 6.42 Å². The third kappa shape index (κ3) is 4.29. The molecule has 0 bridgehead atoms. The molecule has 0 spiro atoms. The number of carboxylic acid groups (broad SMARTS) is 1. The van der Waals surface area contributed by atoms with Crippen molar-refractivity contribution < 1.29 is 14.7 Å². The summed E-state index contributed by atoms with van der Waals surface area (Å²) in [5, 5.41) is 14.8. The number of hydrogen-bond acceptors (Lipinski definition) is 3. The number of amides is 1. The lowest BCUT2D eigenvalue weighted by atomic mass is 9.78. The molecular weight excluding hydrogens is 232 g/mol. The molecule has 104 valence electrons. The molecule has 18 heavy (non-hydrogen) atoms. The van der Waals surface area contributed by atoms with Gasteiger partial charge in [-0.15, -0.1) is 0 Å². The average molecular weight is 256 g/mol. The number of nitrogens with one attached hydrogen (secondary N) is 2. The Hall–Kier alpha value is -1.10. The molecule has 0 aromatic rings. The van der Waals surface area contributed by atoms with Crippen LogP contribution in [0.5, 0.6) is 0 Å². The standard InChI is InChI=1S/C13H24N2O3/c1-8-5-4-6-11(9(8)2)14-7-12(13(17)18)15-10(3)16/h8-9,11-12,14H,4-7H2,1-3H3,(H,15,16)(H,17,18). The fourth-order valence-electron chi connectivity index (χ4n) is 2.58. The molecule has 0 heterocycles. The van der Waals surface area contributed by atoms with Crippen molar-refractivity contribution in [2.75, 3.05) is 6.54 Å². The Balaban J connectivity index is 2.46. The second kappa shape index (κ2) is 6.73. The van der Waals surface area contributed by atoms with Crippen LogP contribution in [0.25, 0.3) is 0 Å². The fraction of sp³-hybridized carbons (Fsp3) is 0.846. The van der Waals surface area contributed by atoms with Crippen molar-refractivity contribution in [2.24, 2.45) is 11.8 Å². The highest BCUT2D eigenvalue weighted by atomic mass is 16.4. The van der Waals surface area contributed by atoms with Crippen LogP contribution < -0.4 is 10.6 Å². The summed E-state index contributed by atoms with van der Waals surface area (Å²) in [4.78, 5) is 21.9. The molecule has 0 radical (unpaired) electrons. The fourth-order valence-corrected chi connectivity index (χ4v) is 2.58. The minimum absolute atomic E-state index is 0.288. The quantitative estimate of drug-likeness (QED) is 0.685. The van der Waals surface area contributed by atoms with Gasteiger partial charge in [0.05, 0.1) is 0 Å². The summed E-state index contributed by atoms with van der Waals surface area (Å²) in [6, 6.07) is -0.490. The van der Waals surface area contributed by atoms with Crippen molar-refractivity contribution in [2.45, 2.75) is 52.1 Å². The van der Waals surface area contributed by atoms with E-state index in [2.05, 4.69) is 24.5 Å². The lowest BCUT2D eigenvalue weighted by molar-refractivity contribution is -0.141. The van der Waals surface area contributed by atoms with Crippen LogP contribution >= 0.6 is 0 Å². The summed E-state index contributed by atoms with van der Waals surface area (Å²) in [7, 11) is 0. The molecule has 5 nitrogen and oxygen atoms in total. The third-order valence-electron chi connectivity index (χ3n) is 3.97. The van der Waals surface area contributed by atoms with Gasteiger partial charge in [-0.2, -0.15) is 0 Å². The van der Waals surface area contributed by atoms with E-state index in [1.807, 2.05) is 0 Å². The first-order valence-electron chi connectivity index (χ1n) is 6.65. The summed E-state index contributed by atoms with van der Waals surface area (Å²) in [6.45, 7) is 6.06. The van der Waals surface area contributed by atoms with Crippen LogP contribution in [0.2, 0.25) is 0 Å². The Kier molecular flexibility index (Phi) is 5.59. The van der Waals surface area contributed by atoms with Crippen LogP contribution in [0.1, 0.15) is 40.0 Å². The zero-order valence-electron chi connectivity index (χ0n) is 11.4. The number of rotatable bonds is 5. The zero-order valence-corrected chi connectivity index (χ0v) is 11.4. The van der Waals surface area contributed by atoms with Gasteiger partial charge in [0.15, 0.2) is 0 Å². The molecule has 1 aliphatic rings. The molecule has 1 amide bonds. The maximum absolute atomic E-state index is 11.0. The maximum atomic E-state index is 11.0. The lowest BCUT2D eigenvalue weighted by Crippen LogP contribution is -2.51. The molecule has 1 rings (SSSR count). The van der Waals surface area contributed by atoms with Gasteiger partial charge in [0.2, 0.25) is 5.91 Å². The third-order valence-corrected chi connectivity index (χ3v) is 3.97. The number of aliphatic carboxylic acids is 1. The summed E-state index contributed by atoms with van der Waals surface area (Å²) in [5.74, 6) is -0.0886. The van der Waals surface area contributed by atoms with Crippen molar-refractivity contribution >= 4 is 11.9 Å². The van der Waals surface area contributed by atoms with Crippen molar-refractivity contribution in [1.29, 1.82) is 0 Å². The Morgan fingerprint density at radius 1 is 1.33 bits per heavy atom. The SMILES string of the molecule is CC(=O)NC(CNC1CCCC(C)C1C)C(=O)O. The van der Waals surface area contributed by atoms with E-state index in [0.29, 0.717) is 17.9 Å². The van der Waals surface area contributed by atoms with Gasteiger partial charge in [0, 0.05) is 19.5 Å². The maximum Gasteiger partial charge on any atom is 0.327 e. The van der Waals surface area contributed by atoms with Gasteiger partial charge in [0.25, 0.3) is 0 Å². The Labute approximate surface area is 108 Å². The highest BCUT2D eigenvalue weighted by Crippen LogP contribution is 2.29. The van der Waals surface area contributed by atoms with E-state index in [4.69, 9.17) is 5.11 Å². The van der Waals surface area contributed by atoms with E-state index >= 15 is 0 Å². The number of carboxylic acids is 1. The molecule has 1 fully saturated rings. The van der Waals surface area contributed by atoms with Crippen molar-refractivity contribution in [3.05, 3.63) is 0 Å². The first-order chi connectivity index (χ1) is 8.41. The van der Waals surface area contributed by atoms with E-state index in [-0.39, 0.29) is 12.5 Å². The summed E-state index contributed by atoms with van der Waals surface area (Å²) in [5.41, 5.74) is 0. The van der Waals surface area contributed by atoms with Crippen molar-refractivity contribution in [1.82, 2.24) is 10.6 Å². The van der Waals surface area contributed by atoms with E-state index < -0.39 is 12.0 Å². The van der Waals surface area contributed by atoms with Crippen LogP contribution in [0.3, 0.4) is 0 Å². The second-order valence-electron chi connectivity index (χ2n) is 5.37. The highest BCUT2D eigenvalue weighted by molar-refractivity contribution is 5.82. The molecule has 4 atom stereocenters. The highest BCUT2D eigenvalue weighted by Gasteiger charge is 2.28. The number of carbonyl (C=O) groups is 2. The normalized spacial score (nSPS) is 29.6. The van der Waals surface area contributed by atoms with Crippen LogP contribution in [0, 0.1) is 11.8 Å². The predicted molar refractivity (Wildman–Crippen MR) is 69.2 cm³/mol. The molecule has 4 unspecified atom stereocenters. The predicted octanol–water partition coefficient (Wildman–Crippen LogP) is 0.990. The van der Waals surface area contributed by atoms with Crippen LogP contribution in [-0.4, -0.2) is 35.6 Å². The van der Waals surface area contributed by atoms with E-state index in [1.165, 1.54) is 19.8 Å². The first-order valence-corrected chi connectivity index (χ1v) is 6.65. The van der Waals surface area contributed by atoms with E-state index in [9.17, 15) is 9.59 Å². The molecular formula is C13H24N2O3. The molecule has 0 aliphatic heterocycles. The van der Waals surface area contributed by atoms with Crippen molar-refractivity contribution in [3.8, 4) is 0 Å². The van der Waals surface area contributed by atoms with Gasteiger partial charge in [0.1, 0.15) is 6.04 Å². The van der Waals surface area contributed by atoms with Crippen LogP contribution in [0.15, 0.2) is 0 Å². The first kappa shape index (κ1) is 15.0. The largest absolute Gasteiger partial charge is 0.480 e. The van der Waals surface area contributed by atoms with Crippen molar-refractivity contribution in [3.63, 3.8) is 0 Å². The summed E-state index contributed by atoms with van der Waals surface area (Å²) >= 11 is 0. The minimum Gasteiger partial charge on any atom is -0.480 e. The molecule has 0 aromatic carbocycles. The molecule has 1 saturated carbocycles. The van der Waals surface area contributed by atoms with Crippen LogP contribution in [0.4, 0.5) is 0 Å². The number of carbonyl (C=O) groups excluding carboxylic acids is 1. The molecule has 3 N–H and O–H groups in total. The summed E-state index contributed by atoms with van der Waals surface area (Å²) in [6.07, 6.45) is 3.51. The lowest BCUT2D eigenvalue weighted by Gasteiger charge is -2.35.